The molecule has 0 saturated heterocycles. The largest absolute Gasteiger partial charge is 0.497 e. The predicted octanol–water partition coefficient (Wildman–Crippen LogP) is 1.93. The topological polar surface area (TPSA) is 65.4 Å². The summed E-state index contributed by atoms with van der Waals surface area (Å²) in [7, 11) is 1.60. The number of amides is 1. The Kier molecular flexibility index (Phi) is 3.28. The lowest BCUT2D eigenvalue weighted by Gasteiger charge is -2.15. The first kappa shape index (κ1) is 12.5. The van der Waals surface area contributed by atoms with Gasteiger partial charge in [0.15, 0.2) is 0 Å². The minimum atomic E-state index is -0.224. The Labute approximate surface area is 116 Å². The van der Waals surface area contributed by atoms with Crippen LogP contribution in [0.5, 0.6) is 11.6 Å². The molecule has 0 atom stereocenters. The highest BCUT2D eigenvalue weighted by Crippen LogP contribution is 2.23. The molecule has 0 saturated carbocycles. The number of aromatic nitrogens is 2. The van der Waals surface area contributed by atoms with Gasteiger partial charge in [0, 0.05) is 18.7 Å². The maximum absolute atomic E-state index is 12.2. The molecule has 6 heteroatoms. The molecule has 0 unspecified atom stereocenters. The number of carbonyl (C=O) groups is 1. The van der Waals surface area contributed by atoms with Crippen LogP contribution in [0.3, 0.4) is 0 Å². The first-order chi connectivity index (χ1) is 9.78. The molecule has 1 N–H and O–H groups in total. The summed E-state index contributed by atoms with van der Waals surface area (Å²) >= 11 is 0. The van der Waals surface area contributed by atoms with Crippen molar-refractivity contribution in [2.45, 2.75) is 13.0 Å². The summed E-state index contributed by atoms with van der Waals surface area (Å²) in [5, 5.41) is 6.98. The molecule has 6 nitrogen and oxygen atoms in total. The van der Waals surface area contributed by atoms with Crippen molar-refractivity contribution < 1.29 is 14.3 Å². The quantitative estimate of drug-likeness (QED) is 0.928. The fourth-order valence-corrected chi connectivity index (χ4v) is 2.10. The highest BCUT2D eigenvalue weighted by Gasteiger charge is 2.21. The fraction of sp³-hybridized carbons (Fsp3) is 0.286. The molecule has 0 fully saturated rings. The van der Waals surface area contributed by atoms with Crippen molar-refractivity contribution in [1.29, 1.82) is 0 Å². The van der Waals surface area contributed by atoms with Crippen molar-refractivity contribution in [3.05, 3.63) is 36.0 Å². The Balaban J connectivity index is 1.77. The van der Waals surface area contributed by atoms with E-state index in [1.807, 2.05) is 0 Å². The number of hydrogen-bond donors (Lipinski definition) is 1. The molecule has 1 aromatic carbocycles. The van der Waals surface area contributed by atoms with E-state index in [0.29, 0.717) is 23.7 Å². The number of carbonyl (C=O) groups excluding carboxylic acids is 1. The molecule has 1 aliphatic heterocycles. The van der Waals surface area contributed by atoms with Gasteiger partial charge in [-0.2, -0.15) is 5.10 Å². The second-order valence-electron chi connectivity index (χ2n) is 4.47. The van der Waals surface area contributed by atoms with Crippen LogP contribution < -0.4 is 14.8 Å². The van der Waals surface area contributed by atoms with Gasteiger partial charge in [0.2, 0.25) is 5.88 Å². The molecule has 1 aromatic heterocycles. The van der Waals surface area contributed by atoms with Crippen molar-refractivity contribution >= 4 is 11.6 Å². The molecule has 0 spiro atoms. The number of methoxy groups -OCH3 is 1. The predicted molar refractivity (Wildman–Crippen MR) is 73.3 cm³/mol. The monoisotopic (exact) mass is 273 g/mol. The van der Waals surface area contributed by atoms with E-state index in [4.69, 9.17) is 9.47 Å². The number of hydrogen-bond acceptors (Lipinski definition) is 4. The van der Waals surface area contributed by atoms with Crippen LogP contribution in [0.15, 0.2) is 30.5 Å². The van der Waals surface area contributed by atoms with E-state index in [0.717, 1.165) is 18.7 Å². The van der Waals surface area contributed by atoms with Crippen molar-refractivity contribution in [1.82, 2.24) is 9.78 Å². The molecular formula is C14H15N3O3. The number of benzene rings is 1. The SMILES string of the molecule is COc1ccc(NC(=O)c2cnn3c2OCCC3)cc1. The van der Waals surface area contributed by atoms with E-state index >= 15 is 0 Å². The van der Waals surface area contributed by atoms with Crippen molar-refractivity contribution in [3.63, 3.8) is 0 Å². The summed E-state index contributed by atoms with van der Waals surface area (Å²) in [4.78, 5) is 12.2. The number of aryl methyl sites for hydroxylation is 1. The molecule has 0 bridgehead atoms. The highest BCUT2D eigenvalue weighted by atomic mass is 16.5. The highest BCUT2D eigenvalue weighted by molar-refractivity contribution is 6.05. The van der Waals surface area contributed by atoms with Crippen LogP contribution in [0.4, 0.5) is 5.69 Å². The lowest BCUT2D eigenvalue weighted by atomic mass is 10.2. The molecule has 1 amide bonds. The molecule has 1 aliphatic rings. The van der Waals surface area contributed by atoms with Gasteiger partial charge in [0.1, 0.15) is 11.3 Å². The van der Waals surface area contributed by atoms with Crippen molar-refractivity contribution in [2.75, 3.05) is 19.0 Å². The lowest BCUT2D eigenvalue weighted by Crippen LogP contribution is -2.18. The van der Waals surface area contributed by atoms with Crippen molar-refractivity contribution in [2.24, 2.45) is 0 Å². The van der Waals surface area contributed by atoms with Gasteiger partial charge in [0.05, 0.1) is 19.9 Å². The maximum atomic E-state index is 12.2. The van der Waals surface area contributed by atoms with Crippen molar-refractivity contribution in [3.8, 4) is 11.6 Å². The number of ether oxygens (including phenoxy) is 2. The van der Waals surface area contributed by atoms with Crippen LogP contribution >= 0.6 is 0 Å². The van der Waals surface area contributed by atoms with Gasteiger partial charge in [-0.25, -0.2) is 4.68 Å². The van der Waals surface area contributed by atoms with E-state index in [1.54, 1.807) is 42.3 Å². The number of rotatable bonds is 3. The second-order valence-corrected chi connectivity index (χ2v) is 4.47. The van der Waals surface area contributed by atoms with Crippen LogP contribution in [-0.2, 0) is 6.54 Å². The summed E-state index contributed by atoms with van der Waals surface area (Å²) in [5.41, 5.74) is 1.16. The van der Waals surface area contributed by atoms with Gasteiger partial charge in [0.25, 0.3) is 5.91 Å². The lowest BCUT2D eigenvalue weighted by molar-refractivity contribution is 0.102. The van der Waals surface area contributed by atoms with Crippen LogP contribution in [-0.4, -0.2) is 29.4 Å². The summed E-state index contributed by atoms with van der Waals surface area (Å²) in [5.74, 6) is 1.06. The number of fused-ring (bicyclic) bond motifs is 1. The fourth-order valence-electron chi connectivity index (χ4n) is 2.10. The molecule has 2 heterocycles. The molecule has 20 heavy (non-hydrogen) atoms. The molecular weight excluding hydrogens is 258 g/mol. The zero-order chi connectivity index (χ0) is 13.9. The standard InChI is InChI=1S/C14H15N3O3/c1-19-11-5-3-10(4-6-11)16-13(18)12-9-15-17-7-2-8-20-14(12)17/h3-6,9H,2,7-8H2,1H3,(H,16,18). The van der Waals surface area contributed by atoms with Crippen LogP contribution in [0, 0.1) is 0 Å². The zero-order valence-corrected chi connectivity index (χ0v) is 11.1. The first-order valence-corrected chi connectivity index (χ1v) is 6.42. The molecule has 104 valence electrons. The normalized spacial score (nSPS) is 13.2. The smallest absolute Gasteiger partial charge is 0.262 e. The van der Waals surface area contributed by atoms with E-state index in [2.05, 4.69) is 10.4 Å². The van der Waals surface area contributed by atoms with E-state index in [1.165, 1.54) is 0 Å². The van der Waals surface area contributed by atoms with Gasteiger partial charge in [-0.15, -0.1) is 0 Å². The van der Waals surface area contributed by atoms with Crippen LogP contribution in [0.2, 0.25) is 0 Å². The average Bonchev–Trinajstić information content (AvgIpc) is 2.92. The summed E-state index contributed by atoms with van der Waals surface area (Å²) < 4.78 is 12.3. The summed E-state index contributed by atoms with van der Waals surface area (Å²) in [6, 6.07) is 7.15. The van der Waals surface area contributed by atoms with E-state index < -0.39 is 0 Å². The molecule has 0 radical (unpaired) electrons. The summed E-state index contributed by atoms with van der Waals surface area (Å²) in [6.45, 7) is 1.40. The third-order valence-electron chi connectivity index (χ3n) is 3.14. The van der Waals surface area contributed by atoms with Gasteiger partial charge in [-0.3, -0.25) is 4.79 Å². The molecule has 3 rings (SSSR count). The number of anilines is 1. The van der Waals surface area contributed by atoms with Gasteiger partial charge >= 0.3 is 0 Å². The number of nitrogens with one attached hydrogen (secondary N) is 1. The van der Waals surface area contributed by atoms with Gasteiger partial charge in [-0.1, -0.05) is 0 Å². The van der Waals surface area contributed by atoms with E-state index in [-0.39, 0.29) is 5.91 Å². The third kappa shape index (κ3) is 2.32. The minimum absolute atomic E-state index is 0.224. The summed E-state index contributed by atoms with van der Waals surface area (Å²) in [6.07, 6.45) is 2.45. The minimum Gasteiger partial charge on any atom is -0.497 e. The second kappa shape index (κ2) is 5.24. The molecule has 2 aromatic rings. The average molecular weight is 273 g/mol. The Hall–Kier alpha value is -2.50. The molecule has 0 aliphatic carbocycles. The Morgan fingerprint density at radius 2 is 2.20 bits per heavy atom. The third-order valence-corrected chi connectivity index (χ3v) is 3.14. The van der Waals surface area contributed by atoms with Crippen LogP contribution in [0.25, 0.3) is 0 Å². The van der Waals surface area contributed by atoms with Gasteiger partial charge < -0.3 is 14.8 Å². The maximum Gasteiger partial charge on any atom is 0.262 e. The van der Waals surface area contributed by atoms with Gasteiger partial charge in [-0.05, 0) is 24.3 Å². The Morgan fingerprint density at radius 1 is 1.40 bits per heavy atom. The number of nitrogens with zero attached hydrogens (tertiary/aromatic N) is 2. The Morgan fingerprint density at radius 3 is 2.95 bits per heavy atom. The van der Waals surface area contributed by atoms with E-state index in [9.17, 15) is 4.79 Å². The van der Waals surface area contributed by atoms with Crippen LogP contribution in [0.1, 0.15) is 16.8 Å². The first-order valence-electron chi connectivity index (χ1n) is 6.42. The Bertz CT molecular complexity index is 619. The zero-order valence-electron chi connectivity index (χ0n) is 11.1.